The molecule has 3 rings (SSSR count). The van der Waals surface area contributed by atoms with E-state index in [-0.39, 0.29) is 24.3 Å². The number of benzene rings is 2. The summed E-state index contributed by atoms with van der Waals surface area (Å²) in [7, 11) is 1.92. The van der Waals surface area contributed by atoms with Crippen molar-refractivity contribution in [2.45, 2.75) is 26.1 Å². The fraction of sp³-hybridized carbons (Fsp3) is 0.263. The Bertz CT molecular complexity index is 835. The van der Waals surface area contributed by atoms with Crippen molar-refractivity contribution in [2.24, 2.45) is 0 Å². The van der Waals surface area contributed by atoms with E-state index < -0.39 is 0 Å². The minimum atomic E-state index is -0.322. The summed E-state index contributed by atoms with van der Waals surface area (Å²) >= 11 is 0. The summed E-state index contributed by atoms with van der Waals surface area (Å²) in [6.45, 7) is 2.59. The number of ether oxygens (including phenoxy) is 1. The zero-order valence-corrected chi connectivity index (χ0v) is 14.5. The molecule has 0 amide bonds. The number of aromatic nitrogens is 2. The molecule has 7 heteroatoms. The molecule has 0 spiro atoms. The predicted molar refractivity (Wildman–Crippen MR) is 91.3 cm³/mol. The molecule has 0 saturated carbocycles. The van der Waals surface area contributed by atoms with Gasteiger partial charge in [-0.15, -0.1) is 0 Å². The number of halogens is 2. The minimum absolute atomic E-state index is 0.0569. The second-order valence-electron chi connectivity index (χ2n) is 5.99. The first-order valence-corrected chi connectivity index (χ1v) is 8.17. The largest absolute Gasteiger partial charge is 0.485 e. The summed E-state index contributed by atoms with van der Waals surface area (Å²) < 4.78 is 36.6. The monoisotopic (exact) mass is 359 g/mol. The molecule has 136 valence electrons. The Morgan fingerprint density at radius 3 is 2.31 bits per heavy atom. The summed E-state index contributed by atoms with van der Waals surface area (Å²) in [4.78, 5) is 6.31. The molecule has 0 radical (unpaired) electrons. The van der Waals surface area contributed by atoms with Crippen molar-refractivity contribution in [1.82, 2.24) is 15.0 Å². The highest BCUT2D eigenvalue weighted by molar-refractivity contribution is 5.22. The Morgan fingerprint density at radius 1 is 1.04 bits per heavy atom. The first kappa shape index (κ1) is 18.0. The predicted octanol–water partition coefficient (Wildman–Crippen LogP) is 4.12. The average molecular weight is 359 g/mol. The fourth-order valence-electron chi connectivity index (χ4n) is 2.44. The molecule has 2 aromatic carbocycles. The highest BCUT2D eigenvalue weighted by atomic mass is 19.1. The van der Waals surface area contributed by atoms with Gasteiger partial charge < -0.3 is 9.26 Å². The van der Waals surface area contributed by atoms with Crippen molar-refractivity contribution in [1.29, 1.82) is 0 Å². The molecule has 0 bridgehead atoms. The van der Waals surface area contributed by atoms with E-state index in [1.54, 1.807) is 12.1 Å². The van der Waals surface area contributed by atoms with Crippen molar-refractivity contribution >= 4 is 0 Å². The second-order valence-corrected chi connectivity index (χ2v) is 5.99. The van der Waals surface area contributed by atoms with Crippen molar-refractivity contribution in [2.75, 3.05) is 7.05 Å². The number of nitrogens with zero attached hydrogens (tertiary/aromatic N) is 3. The molecule has 0 N–H and O–H groups in total. The Hall–Kier alpha value is -2.80. The molecular formula is C19H19F2N3O2. The van der Waals surface area contributed by atoms with Gasteiger partial charge in [-0.25, -0.2) is 8.78 Å². The van der Waals surface area contributed by atoms with E-state index in [9.17, 15) is 8.78 Å². The molecule has 26 heavy (non-hydrogen) atoms. The average Bonchev–Trinajstić information content (AvgIpc) is 3.08. The van der Waals surface area contributed by atoms with E-state index >= 15 is 0 Å². The topological polar surface area (TPSA) is 51.4 Å². The van der Waals surface area contributed by atoms with Crippen LogP contribution in [0, 0.1) is 11.6 Å². The van der Waals surface area contributed by atoms with Crippen LogP contribution in [-0.4, -0.2) is 22.1 Å². The lowest BCUT2D eigenvalue weighted by molar-refractivity contribution is 0.215. The zero-order valence-electron chi connectivity index (χ0n) is 14.5. The van der Waals surface area contributed by atoms with Gasteiger partial charge in [-0.05, 0) is 55.9 Å². The van der Waals surface area contributed by atoms with Crippen LogP contribution in [-0.2, 0) is 13.2 Å². The molecule has 0 aliphatic heterocycles. The van der Waals surface area contributed by atoms with Gasteiger partial charge >= 0.3 is 0 Å². The van der Waals surface area contributed by atoms with Crippen molar-refractivity contribution in [3.63, 3.8) is 0 Å². The van der Waals surface area contributed by atoms with Crippen LogP contribution in [0.1, 0.15) is 30.2 Å². The lowest BCUT2D eigenvalue weighted by atomic mass is 10.1. The maximum atomic E-state index is 13.0. The van der Waals surface area contributed by atoms with Crippen LogP contribution in [0.2, 0.25) is 0 Å². The third-order valence-corrected chi connectivity index (χ3v) is 4.09. The summed E-state index contributed by atoms with van der Waals surface area (Å²) in [5.74, 6) is 0.815. The molecule has 1 aromatic heterocycles. The van der Waals surface area contributed by atoms with Gasteiger partial charge in [0.2, 0.25) is 11.7 Å². The van der Waals surface area contributed by atoms with Crippen LogP contribution < -0.4 is 4.74 Å². The van der Waals surface area contributed by atoms with E-state index in [2.05, 4.69) is 10.1 Å². The van der Waals surface area contributed by atoms with E-state index in [1.807, 2.05) is 18.9 Å². The lowest BCUT2D eigenvalue weighted by Crippen LogP contribution is -2.22. The standard InChI is InChI=1S/C19H19F2N3O2/c1-13(14-3-5-15(20)6-4-14)24(2)11-19-22-18(23-26-19)12-25-17-9-7-16(21)8-10-17/h3-10,13H,11-12H2,1-2H3. The highest BCUT2D eigenvalue weighted by Gasteiger charge is 2.16. The number of rotatable bonds is 7. The van der Waals surface area contributed by atoms with E-state index in [0.29, 0.717) is 24.0 Å². The van der Waals surface area contributed by atoms with Crippen LogP contribution in [0.4, 0.5) is 8.78 Å². The van der Waals surface area contributed by atoms with Crippen molar-refractivity contribution in [3.05, 3.63) is 77.4 Å². The maximum Gasteiger partial charge on any atom is 0.240 e. The number of hydrogen-bond donors (Lipinski definition) is 0. The minimum Gasteiger partial charge on any atom is -0.485 e. The second kappa shape index (κ2) is 8.05. The van der Waals surface area contributed by atoms with Crippen LogP contribution >= 0.6 is 0 Å². The van der Waals surface area contributed by atoms with Crippen LogP contribution in [0.3, 0.4) is 0 Å². The first-order valence-electron chi connectivity index (χ1n) is 8.17. The van der Waals surface area contributed by atoms with Gasteiger partial charge in [0, 0.05) is 6.04 Å². The molecule has 0 aliphatic carbocycles. The Morgan fingerprint density at radius 2 is 1.65 bits per heavy atom. The molecule has 0 fully saturated rings. The fourth-order valence-corrected chi connectivity index (χ4v) is 2.44. The van der Waals surface area contributed by atoms with Crippen LogP contribution in [0.15, 0.2) is 53.1 Å². The maximum absolute atomic E-state index is 13.0. The Kier molecular flexibility index (Phi) is 5.58. The zero-order chi connectivity index (χ0) is 18.5. The third kappa shape index (κ3) is 4.64. The Balaban J connectivity index is 1.55. The smallest absolute Gasteiger partial charge is 0.240 e. The van der Waals surface area contributed by atoms with Crippen LogP contribution in [0.25, 0.3) is 0 Å². The van der Waals surface area contributed by atoms with Crippen molar-refractivity contribution in [3.8, 4) is 5.75 Å². The summed E-state index contributed by atoms with van der Waals surface area (Å²) in [6, 6.07) is 12.2. The third-order valence-electron chi connectivity index (χ3n) is 4.09. The lowest BCUT2D eigenvalue weighted by Gasteiger charge is -2.23. The molecule has 3 aromatic rings. The van der Waals surface area contributed by atoms with Gasteiger partial charge in [0.25, 0.3) is 0 Å². The van der Waals surface area contributed by atoms with Crippen LogP contribution in [0.5, 0.6) is 5.75 Å². The summed E-state index contributed by atoms with van der Waals surface area (Å²) in [5.41, 5.74) is 0.994. The molecule has 0 aliphatic rings. The molecule has 0 saturated heterocycles. The van der Waals surface area contributed by atoms with Gasteiger partial charge in [0.1, 0.15) is 17.4 Å². The highest BCUT2D eigenvalue weighted by Crippen LogP contribution is 2.20. The molecule has 1 heterocycles. The van der Waals surface area contributed by atoms with E-state index in [4.69, 9.17) is 9.26 Å². The molecule has 1 atom stereocenters. The van der Waals surface area contributed by atoms with E-state index in [1.165, 1.54) is 36.4 Å². The molecule has 1 unspecified atom stereocenters. The van der Waals surface area contributed by atoms with Crippen molar-refractivity contribution < 1.29 is 18.0 Å². The summed E-state index contributed by atoms with van der Waals surface area (Å²) in [5, 5.41) is 3.88. The van der Waals surface area contributed by atoms with Gasteiger partial charge in [-0.3, -0.25) is 4.90 Å². The molecule has 5 nitrogen and oxygen atoms in total. The Labute approximate surface area is 150 Å². The van der Waals surface area contributed by atoms with Gasteiger partial charge in [0.15, 0.2) is 6.61 Å². The van der Waals surface area contributed by atoms with Gasteiger partial charge in [0.05, 0.1) is 6.54 Å². The summed E-state index contributed by atoms with van der Waals surface area (Å²) in [6.07, 6.45) is 0. The first-order chi connectivity index (χ1) is 12.5. The van der Waals surface area contributed by atoms with Gasteiger partial charge in [-0.2, -0.15) is 4.98 Å². The normalized spacial score (nSPS) is 12.3. The SMILES string of the molecule is CC(c1ccc(F)cc1)N(C)Cc1nc(COc2ccc(F)cc2)no1. The van der Waals surface area contributed by atoms with E-state index in [0.717, 1.165) is 5.56 Å². The quantitative estimate of drug-likeness (QED) is 0.635. The van der Waals surface area contributed by atoms with Gasteiger partial charge in [-0.1, -0.05) is 17.3 Å². The molecular weight excluding hydrogens is 340 g/mol. The number of hydrogen-bond acceptors (Lipinski definition) is 5.